The van der Waals surface area contributed by atoms with E-state index in [1.807, 2.05) is 0 Å². The molecule has 1 aromatic carbocycles. The molecular formula is C12H11F3N2O2. The second-order valence-electron chi connectivity index (χ2n) is 3.75. The SMILES string of the molecule is N#Cc1cc(C(F)(F)F)ccc1NC(=O)CCCO. The summed E-state index contributed by atoms with van der Waals surface area (Å²) in [4.78, 5) is 11.4. The lowest BCUT2D eigenvalue weighted by atomic mass is 10.1. The summed E-state index contributed by atoms with van der Waals surface area (Å²) in [6.07, 6.45) is -4.26. The molecule has 0 aliphatic carbocycles. The van der Waals surface area contributed by atoms with E-state index in [0.717, 1.165) is 12.1 Å². The maximum absolute atomic E-state index is 12.4. The van der Waals surface area contributed by atoms with Crippen molar-refractivity contribution in [1.29, 1.82) is 5.26 Å². The Labute approximate surface area is 107 Å². The fraction of sp³-hybridized carbons (Fsp3) is 0.333. The van der Waals surface area contributed by atoms with Crippen LogP contribution in [-0.4, -0.2) is 17.6 Å². The largest absolute Gasteiger partial charge is 0.416 e. The molecule has 0 radical (unpaired) electrons. The van der Waals surface area contributed by atoms with Crippen LogP contribution < -0.4 is 5.32 Å². The lowest BCUT2D eigenvalue weighted by Gasteiger charge is -2.10. The van der Waals surface area contributed by atoms with Gasteiger partial charge in [-0.15, -0.1) is 0 Å². The molecular weight excluding hydrogens is 261 g/mol. The van der Waals surface area contributed by atoms with Gasteiger partial charge in [-0.25, -0.2) is 0 Å². The number of nitriles is 1. The Bertz CT molecular complexity index is 507. The molecule has 0 saturated carbocycles. The molecule has 0 unspecified atom stereocenters. The topological polar surface area (TPSA) is 73.1 Å². The molecule has 0 aromatic heterocycles. The number of nitrogens with zero attached hydrogens (tertiary/aromatic N) is 1. The molecule has 0 aliphatic heterocycles. The third kappa shape index (κ3) is 4.26. The van der Waals surface area contributed by atoms with Crippen molar-refractivity contribution in [3.05, 3.63) is 29.3 Å². The minimum absolute atomic E-state index is 0.0263. The molecule has 0 atom stereocenters. The Morgan fingerprint density at radius 2 is 2.11 bits per heavy atom. The third-order valence-electron chi connectivity index (χ3n) is 2.30. The van der Waals surface area contributed by atoms with Crippen molar-refractivity contribution >= 4 is 11.6 Å². The van der Waals surface area contributed by atoms with Crippen LogP contribution in [0.3, 0.4) is 0 Å². The number of aliphatic hydroxyl groups is 1. The summed E-state index contributed by atoms with van der Waals surface area (Å²) in [7, 11) is 0. The minimum atomic E-state index is -4.54. The van der Waals surface area contributed by atoms with E-state index >= 15 is 0 Å². The van der Waals surface area contributed by atoms with Gasteiger partial charge in [0.05, 0.1) is 16.8 Å². The van der Waals surface area contributed by atoms with Crippen molar-refractivity contribution in [3.8, 4) is 6.07 Å². The molecule has 0 spiro atoms. The van der Waals surface area contributed by atoms with Gasteiger partial charge in [0.25, 0.3) is 0 Å². The minimum Gasteiger partial charge on any atom is -0.396 e. The summed E-state index contributed by atoms with van der Waals surface area (Å²) >= 11 is 0. The van der Waals surface area contributed by atoms with Gasteiger partial charge in [-0.05, 0) is 24.6 Å². The van der Waals surface area contributed by atoms with Crippen molar-refractivity contribution < 1.29 is 23.1 Å². The number of halogens is 3. The van der Waals surface area contributed by atoms with Crippen LogP contribution in [0.25, 0.3) is 0 Å². The van der Waals surface area contributed by atoms with Gasteiger partial charge in [0.15, 0.2) is 0 Å². The Morgan fingerprint density at radius 3 is 2.63 bits per heavy atom. The lowest BCUT2D eigenvalue weighted by molar-refractivity contribution is -0.137. The predicted octanol–water partition coefficient (Wildman–Crippen LogP) is 2.29. The number of benzene rings is 1. The monoisotopic (exact) mass is 272 g/mol. The van der Waals surface area contributed by atoms with E-state index in [4.69, 9.17) is 10.4 Å². The van der Waals surface area contributed by atoms with Crippen LogP contribution in [0.15, 0.2) is 18.2 Å². The average Bonchev–Trinajstić information content (AvgIpc) is 2.35. The van der Waals surface area contributed by atoms with Crippen molar-refractivity contribution in [1.82, 2.24) is 0 Å². The second-order valence-corrected chi connectivity index (χ2v) is 3.75. The summed E-state index contributed by atoms with van der Waals surface area (Å²) in [6.45, 7) is -0.161. The molecule has 102 valence electrons. The van der Waals surface area contributed by atoms with Gasteiger partial charge in [-0.1, -0.05) is 0 Å². The molecule has 7 heteroatoms. The second kappa shape index (κ2) is 6.20. The zero-order valence-corrected chi connectivity index (χ0v) is 9.79. The van der Waals surface area contributed by atoms with Gasteiger partial charge in [0.2, 0.25) is 5.91 Å². The number of aliphatic hydroxyl groups excluding tert-OH is 1. The van der Waals surface area contributed by atoms with Gasteiger partial charge in [-0.3, -0.25) is 4.79 Å². The average molecular weight is 272 g/mol. The van der Waals surface area contributed by atoms with Crippen molar-refractivity contribution in [3.63, 3.8) is 0 Å². The Hall–Kier alpha value is -2.07. The number of hydrogen-bond donors (Lipinski definition) is 2. The summed E-state index contributed by atoms with van der Waals surface area (Å²) in [5.74, 6) is -0.467. The standard InChI is InChI=1S/C12H11F3N2O2/c13-12(14,15)9-3-4-10(8(6-9)7-16)17-11(19)2-1-5-18/h3-4,6,18H,1-2,5H2,(H,17,19). The fourth-order valence-corrected chi connectivity index (χ4v) is 1.37. The lowest BCUT2D eigenvalue weighted by Crippen LogP contribution is -2.13. The van der Waals surface area contributed by atoms with E-state index in [-0.39, 0.29) is 30.7 Å². The first-order valence-corrected chi connectivity index (χ1v) is 5.40. The molecule has 4 nitrogen and oxygen atoms in total. The van der Waals surface area contributed by atoms with Gasteiger partial charge in [-0.2, -0.15) is 18.4 Å². The third-order valence-corrected chi connectivity index (χ3v) is 2.30. The van der Waals surface area contributed by atoms with Crippen LogP contribution in [0.1, 0.15) is 24.0 Å². The molecule has 19 heavy (non-hydrogen) atoms. The Balaban J connectivity index is 2.92. The van der Waals surface area contributed by atoms with Crippen LogP contribution in [0, 0.1) is 11.3 Å². The van der Waals surface area contributed by atoms with E-state index in [0.29, 0.717) is 6.07 Å². The number of hydrogen-bond acceptors (Lipinski definition) is 3. The van der Waals surface area contributed by atoms with Gasteiger partial charge in [0.1, 0.15) is 6.07 Å². The van der Waals surface area contributed by atoms with Crippen molar-refractivity contribution in [2.45, 2.75) is 19.0 Å². The highest BCUT2D eigenvalue weighted by Gasteiger charge is 2.31. The van der Waals surface area contributed by atoms with Crippen LogP contribution in [0.4, 0.5) is 18.9 Å². The highest BCUT2D eigenvalue weighted by Crippen LogP contribution is 2.31. The van der Waals surface area contributed by atoms with E-state index < -0.39 is 17.6 Å². The summed E-state index contributed by atoms with van der Waals surface area (Å²) in [5, 5.41) is 19.7. The molecule has 1 aromatic rings. The first-order chi connectivity index (χ1) is 8.88. The Kier molecular flexibility index (Phi) is 4.89. The van der Waals surface area contributed by atoms with Crippen LogP contribution >= 0.6 is 0 Å². The van der Waals surface area contributed by atoms with Crippen LogP contribution in [0.5, 0.6) is 0 Å². The van der Waals surface area contributed by atoms with Crippen molar-refractivity contribution in [2.75, 3.05) is 11.9 Å². The van der Waals surface area contributed by atoms with Gasteiger partial charge < -0.3 is 10.4 Å². The molecule has 0 bridgehead atoms. The summed E-state index contributed by atoms with van der Waals surface area (Å²) in [5.41, 5.74) is -1.18. The fourth-order valence-electron chi connectivity index (χ4n) is 1.37. The number of amides is 1. The first-order valence-electron chi connectivity index (χ1n) is 5.40. The normalized spacial score (nSPS) is 10.9. The first kappa shape index (κ1) is 15.0. The highest BCUT2D eigenvalue weighted by molar-refractivity contribution is 5.92. The van der Waals surface area contributed by atoms with Crippen LogP contribution in [0.2, 0.25) is 0 Å². The quantitative estimate of drug-likeness (QED) is 0.883. The molecule has 1 rings (SSSR count). The number of carbonyl (C=O) groups excluding carboxylic acids is 1. The van der Waals surface area contributed by atoms with E-state index in [1.165, 1.54) is 0 Å². The molecule has 0 fully saturated rings. The van der Waals surface area contributed by atoms with E-state index in [1.54, 1.807) is 6.07 Å². The van der Waals surface area contributed by atoms with Gasteiger partial charge >= 0.3 is 6.18 Å². The Morgan fingerprint density at radius 1 is 1.42 bits per heavy atom. The summed E-state index contributed by atoms with van der Waals surface area (Å²) < 4.78 is 37.3. The number of alkyl halides is 3. The maximum atomic E-state index is 12.4. The number of carbonyl (C=O) groups is 1. The smallest absolute Gasteiger partial charge is 0.396 e. The number of nitrogens with one attached hydrogen (secondary N) is 1. The molecule has 0 heterocycles. The summed E-state index contributed by atoms with van der Waals surface area (Å²) in [6, 6.07) is 4.12. The number of rotatable bonds is 4. The van der Waals surface area contributed by atoms with Crippen molar-refractivity contribution in [2.24, 2.45) is 0 Å². The predicted molar refractivity (Wildman–Crippen MR) is 61.1 cm³/mol. The molecule has 2 N–H and O–H groups in total. The van der Waals surface area contributed by atoms with E-state index in [9.17, 15) is 18.0 Å². The van der Waals surface area contributed by atoms with Crippen LogP contribution in [-0.2, 0) is 11.0 Å². The number of anilines is 1. The molecule has 0 saturated heterocycles. The molecule has 1 amide bonds. The van der Waals surface area contributed by atoms with E-state index in [2.05, 4.69) is 5.32 Å². The highest BCUT2D eigenvalue weighted by atomic mass is 19.4. The zero-order chi connectivity index (χ0) is 14.5. The zero-order valence-electron chi connectivity index (χ0n) is 9.79. The molecule has 0 aliphatic rings. The maximum Gasteiger partial charge on any atom is 0.416 e. The van der Waals surface area contributed by atoms with Gasteiger partial charge in [0, 0.05) is 13.0 Å².